The fourth-order valence-corrected chi connectivity index (χ4v) is 2.15. The van der Waals surface area contributed by atoms with Gasteiger partial charge in [-0.2, -0.15) is 0 Å². The van der Waals surface area contributed by atoms with Crippen molar-refractivity contribution < 1.29 is 9.84 Å². The van der Waals surface area contributed by atoms with E-state index in [9.17, 15) is 5.11 Å². The van der Waals surface area contributed by atoms with Gasteiger partial charge in [-0.3, -0.25) is 4.98 Å². The van der Waals surface area contributed by atoms with Gasteiger partial charge in [0.05, 0.1) is 17.2 Å². The number of hydrogen-bond acceptors (Lipinski definition) is 3. The Kier molecular flexibility index (Phi) is 4.17. The maximum Gasteiger partial charge on any atom is 0.0909 e. The predicted molar refractivity (Wildman–Crippen MR) is 77.2 cm³/mol. The number of rotatable bonds is 5. The molecule has 1 heterocycles. The highest BCUT2D eigenvalue weighted by molar-refractivity contribution is 5.78. The van der Waals surface area contributed by atoms with Gasteiger partial charge >= 0.3 is 0 Å². The van der Waals surface area contributed by atoms with Crippen molar-refractivity contribution in [3.05, 3.63) is 42.1 Å². The number of nitrogens with zero attached hydrogens (tertiary/aromatic N) is 1. The molecule has 1 N–H and O–H groups in total. The summed E-state index contributed by atoms with van der Waals surface area (Å²) in [5.41, 5.74) is 1.33. The third kappa shape index (κ3) is 2.94. The summed E-state index contributed by atoms with van der Waals surface area (Å²) in [7, 11) is 1.64. The normalized spacial score (nSPS) is 16.2. The van der Waals surface area contributed by atoms with E-state index >= 15 is 0 Å². The maximum atomic E-state index is 10.3. The molecule has 0 fully saturated rings. The van der Waals surface area contributed by atoms with Crippen molar-refractivity contribution in [1.82, 2.24) is 4.98 Å². The molecule has 0 bridgehead atoms. The molecule has 2 unspecified atom stereocenters. The van der Waals surface area contributed by atoms with Crippen LogP contribution in [-0.4, -0.2) is 28.9 Å². The predicted octanol–water partition coefficient (Wildman–Crippen LogP) is 2.95. The van der Waals surface area contributed by atoms with Gasteiger partial charge in [-0.1, -0.05) is 31.2 Å². The summed E-state index contributed by atoms with van der Waals surface area (Å²) in [5.74, 6) is 0. The number of ether oxygens (including phenoxy) is 1. The molecule has 0 amide bonds. The minimum atomic E-state index is -0.559. The van der Waals surface area contributed by atoms with Gasteiger partial charge in [0.15, 0.2) is 0 Å². The van der Waals surface area contributed by atoms with Gasteiger partial charge in [-0.15, -0.1) is 0 Å². The molecule has 0 aliphatic rings. The van der Waals surface area contributed by atoms with Crippen LogP contribution < -0.4 is 0 Å². The Labute approximate surface area is 114 Å². The Morgan fingerprint density at radius 1 is 1.26 bits per heavy atom. The van der Waals surface area contributed by atoms with Crippen molar-refractivity contribution in [2.45, 2.75) is 38.4 Å². The Bertz CT molecular complexity index is 549. The number of para-hydroxylation sites is 1. The van der Waals surface area contributed by atoms with Crippen LogP contribution in [0.5, 0.6) is 0 Å². The highest BCUT2D eigenvalue weighted by atomic mass is 16.5. The molecule has 19 heavy (non-hydrogen) atoms. The molecule has 0 aliphatic carbocycles. The molecule has 0 spiro atoms. The van der Waals surface area contributed by atoms with E-state index in [0.29, 0.717) is 6.42 Å². The topological polar surface area (TPSA) is 42.4 Å². The minimum absolute atomic E-state index is 0.503. The fraction of sp³-hybridized carbons (Fsp3) is 0.438. The van der Waals surface area contributed by atoms with Crippen LogP contribution in [0, 0.1) is 0 Å². The summed E-state index contributed by atoms with van der Waals surface area (Å²) in [6.45, 7) is 3.94. The van der Waals surface area contributed by atoms with Crippen molar-refractivity contribution >= 4 is 10.9 Å². The minimum Gasteiger partial charge on any atom is -0.390 e. The number of pyridine rings is 1. The average Bonchev–Trinajstić information content (AvgIpc) is 2.46. The van der Waals surface area contributed by atoms with Crippen molar-refractivity contribution in [3.8, 4) is 0 Å². The smallest absolute Gasteiger partial charge is 0.0909 e. The Morgan fingerprint density at radius 2 is 2.00 bits per heavy atom. The zero-order valence-electron chi connectivity index (χ0n) is 11.8. The van der Waals surface area contributed by atoms with Gasteiger partial charge in [0.2, 0.25) is 0 Å². The Balaban J connectivity index is 2.21. The number of hydrogen-bond donors (Lipinski definition) is 1. The summed E-state index contributed by atoms with van der Waals surface area (Å²) in [6.07, 6.45) is 0.706. The number of aromatic nitrogens is 1. The van der Waals surface area contributed by atoms with Crippen molar-refractivity contribution in [3.63, 3.8) is 0 Å². The van der Waals surface area contributed by atoms with E-state index in [0.717, 1.165) is 23.0 Å². The quantitative estimate of drug-likeness (QED) is 0.897. The van der Waals surface area contributed by atoms with E-state index in [1.807, 2.05) is 50.2 Å². The highest BCUT2D eigenvalue weighted by Crippen LogP contribution is 2.22. The first-order valence-electron chi connectivity index (χ1n) is 6.67. The van der Waals surface area contributed by atoms with Crippen LogP contribution in [0.3, 0.4) is 0 Å². The monoisotopic (exact) mass is 259 g/mol. The van der Waals surface area contributed by atoms with E-state index < -0.39 is 11.7 Å². The molecule has 0 radical (unpaired) electrons. The van der Waals surface area contributed by atoms with E-state index in [1.165, 1.54) is 0 Å². The van der Waals surface area contributed by atoms with E-state index in [1.54, 1.807) is 7.11 Å². The molecule has 0 saturated heterocycles. The molecule has 0 saturated carbocycles. The highest BCUT2D eigenvalue weighted by Gasteiger charge is 2.31. The molecule has 1 aromatic heterocycles. The number of benzene rings is 1. The van der Waals surface area contributed by atoms with Crippen LogP contribution >= 0.6 is 0 Å². The first kappa shape index (κ1) is 14.0. The number of fused-ring (bicyclic) bond motifs is 1. The van der Waals surface area contributed by atoms with E-state index in [4.69, 9.17) is 4.74 Å². The van der Waals surface area contributed by atoms with Gasteiger partial charge in [0, 0.05) is 24.6 Å². The third-order valence-electron chi connectivity index (χ3n) is 3.93. The van der Waals surface area contributed by atoms with Gasteiger partial charge in [0.1, 0.15) is 0 Å². The number of aliphatic hydroxyl groups is 1. The summed E-state index contributed by atoms with van der Waals surface area (Å²) in [4.78, 5) is 4.58. The van der Waals surface area contributed by atoms with Gasteiger partial charge < -0.3 is 9.84 Å². The third-order valence-corrected chi connectivity index (χ3v) is 3.93. The molecular formula is C16H21NO2. The van der Waals surface area contributed by atoms with Gasteiger partial charge in [-0.25, -0.2) is 0 Å². The molecule has 2 aromatic rings. The summed E-state index contributed by atoms with van der Waals surface area (Å²) >= 11 is 0. The standard InChI is InChI=1S/C16H21NO2/c1-4-16(2,19-3)15(18)11-13-10-9-12-7-5-6-8-14(12)17-13/h5-10,15,18H,4,11H2,1-3H3. The van der Waals surface area contributed by atoms with Gasteiger partial charge in [-0.05, 0) is 25.5 Å². The van der Waals surface area contributed by atoms with Gasteiger partial charge in [0.25, 0.3) is 0 Å². The zero-order chi connectivity index (χ0) is 13.9. The van der Waals surface area contributed by atoms with Crippen molar-refractivity contribution in [2.75, 3.05) is 7.11 Å². The van der Waals surface area contributed by atoms with Crippen molar-refractivity contribution in [2.24, 2.45) is 0 Å². The molecule has 102 valence electrons. The Morgan fingerprint density at radius 3 is 2.68 bits per heavy atom. The zero-order valence-corrected chi connectivity index (χ0v) is 11.8. The van der Waals surface area contributed by atoms with E-state index in [-0.39, 0.29) is 0 Å². The fourth-order valence-electron chi connectivity index (χ4n) is 2.15. The lowest BCUT2D eigenvalue weighted by molar-refractivity contribution is -0.0917. The second-order valence-corrected chi connectivity index (χ2v) is 5.09. The lowest BCUT2D eigenvalue weighted by Crippen LogP contribution is -2.42. The molecule has 3 heteroatoms. The molecule has 2 rings (SSSR count). The van der Waals surface area contributed by atoms with Crippen LogP contribution in [0.1, 0.15) is 26.0 Å². The second kappa shape index (κ2) is 5.68. The van der Waals surface area contributed by atoms with Crippen LogP contribution in [-0.2, 0) is 11.2 Å². The molecule has 0 aliphatic heterocycles. The number of methoxy groups -OCH3 is 1. The summed E-state index contributed by atoms with van der Waals surface area (Å²) in [6, 6.07) is 12.0. The van der Waals surface area contributed by atoms with Crippen LogP contribution in [0.2, 0.25) is 0 Å². The lowest BCUT2D eigenvalue weighted by Gasteiger charge is -2.32. The summed E-state index contributed by atoms with van der Waals surface area (Å²) in [5, 5.41) is 11.4. The first-order valence-corrected chi connectivity index (χ1v) is 6.67. The van der Waals surface area contributed by atoms with Crippen LogP contribution in [0.4, 0.5) is 0 Å². The molecular weight excluding hydrogens is 238 g/mol. The molecule has 2 atom stereocenters. The molecule has 1 aromatic carbocycles. The largest absolute Gasteiger partial charge is 0.390 e. The van der Waals surface area contributed by atoms with Crippen molar-refractivity contribution in [1.29, 1.82) is 0 Å². The van der Waals surface area contributed by atoms with Crippen LogP contribution in [0.15, 0.2) is 36.4 Å². The van der Waals surface area contributed by atoms with E-state index in [2.05, 4.69) is 4.98 Å². The Hall–Kier alpha value is -1.45. The first-order chi connectivity index (χ1) is 9.09. The second-order valence-electron chi connectivity index (χ2n) is 5.09. The van der Waals surface area contributed by atoms with Crippen LogP contribution in [0.25, 0.3) is 10.9 Å². The lowest BCUT2D eigenvalue weighted by atomic mass is 9.92. The molecule has 3 nitrogen and oxygen atoms in total. The average molecular weight is 259 g/mol. The number of aliphatic hydroxyl groups excluding tert-OH is 1. The summed E-state index contributed by atoms with van der Waals surface area (Å²) < 4.78 is 5.43. The SMILES string of the molecule is CCC(C)(OC)C(O)Cc1ccc2ccccc2n1. The maximum absolute atomic E-state index is 10.3.